The SMILES string of the molecule is C/C(=C\[C@H](C)CCCCC(=O)O)[C@@H]1O[C@@H]2C=C[C@@H]1OC(=O)/C=C/C=C/C=C/C(=O)[C@@H]1C[C@@H](O)[C@H](C)[C@H](/C=C/C[C@H]3O[C@H](C[C@H](O)[C@H]3C)[C@@H](O)[C@@H](O)/C=C/CC/C=C/C2)O1. The number of rotatable bonds is 7. The summed E-state index contributed by atoms with van der Waals surface area (Å²) in [6.45, 7) is 7.75. The number of aliphatic hydroxyl groups excluding tert-OH is 4. The molecule has 326 valence electrons. The first kappa shape index (κ1) is 47.9. The molecule has 0 aromatic carbocycles. The van der Waals surface area contributed by atoms with Crippen LogP contribution in [0, 0.1) is 17.8 Å². The molecule has 0 unspecified atom stereocenters. The highest BCUT2D eigenvalue weighted by molar-refractivity contribution is 5.94. The first-order valence-electron chi connectivity index (χ1n) is 21.2. The molecule has 12 nitrogen and oxygen atoms in total. The van der Waals surface area contributed by atoms with Crippen LogP contribution in [-0.2, 0) is 33.3 Å². The van der Waals surface area contributed by atoms with Crippen LogP contribution in [0.3, 0.4) is 0 Å². The number of carbonyl (C=O) groups excluding carboxylic acids is 2. The number of aliphatic hydroxyl groups is 4. The Labute approximate surface area is 349 Å². The second-order valence-corrected chi connectivity index (χ2v) is 16.4. The number of allylic oxidation sites excluding steroid dienone is 7. The lowest BCUT2D eigenvalue weighted by Crippen LogP contribution is -2.50. The van der Waals surface area contributed by atoms with Gasteiger partial charge in [0.05, 0.1) is 36.6 Å². The molecule has 0 saturated carbocycles. The normalized spacial score (nSPS) is 39.5. The predicted octanol–water partition coefficient (Wildman–Crippen LogP) is 5.96. The minimum absolute atomic E-state index is 0.136. The maximum atomic E-state index is 13.1. The lowest BCUT2D eigenvalue weighted by molar-refractivity contribution is -0.175. The zero-order valence-corrected chi connectivity index (χ0v) is 34.9. The van der Waals surface area contributed by atoms with E-state index < -0.39 is 73.0 Å². The average Bonchev–Trinajstić information content (AvgIpc) is 3.19. The van der Waals surface area contributed by atoms with Gasteiger partial charge in [0.15, 0.2) is 11.9 Å². The van der Waals surface area contributed by atoms with Gasteiger partial charge in [-0.05, 0) is 69.1 Å². The van der Waals surface area contributed by atoms with E-state index in [1.54, 1.807) is 30.4 Å². The van der Waals surface area contributed by atoms with Crippen molar-refractivity contribution >= 4 is 17.7 Å². The number of hydrogen-bond acceptors (Lipinski definition) is 11. The van der Waals surface area contributed by atoms with Crippen molar-refractivity contribution in [1.82, 2.24) is 0 Å². The summed E-state index contributed by atoms with van der Waals surface area (Å²) < 4.78 is 24.7. The lowest BCUT2D eigenvalue weighted by Gasteiger charge is -2.40. The molecular weight excluding hydrogens is 757 g/mol. The Hall–Kier alpha value is -3.75. The van der Waals surface area contributed by atoms with E-state index in [9.17, 15) is 34.8 Å². The summed E-state index contributed by atoms with van der Waals surface area (Å²) in [5.41, 5.74) is 0.905. The number of carbonyl (C=O) groups is 3. The fourth-order valence-electron chi connectivity index (χ4n) is 7.79. The topological polar surface area (TPSA) is 189 Å². The van der Waals surface area contributed by atoms with Gasteiger partial charge in [0.25, 0.3) is 0 Å². The quantitative estimate of drug-likeness (QED) is 0.115. The van der Waals surface area contributed by atoms with Crippen LogP contribution in [0.2, 0.25) is 0 Å². The minimum atomic E-state index is -1.24. The summed E-state index contributed by atoms with van der Waals surface area (Å²) in [4.78, 5) is 36.9. The number of fused-ring (bicyclic) bond motifs is 13. The molecule has 0 aliphatic carbocycles. The van der Waals surface area contributed by atoms with Crippen LogP contribution in [-0.4, -0.2) is 110 Å². The van der Waals surface area contributed by atoms with E-state index in [0.717, 1.165) is 18.4 Å². The molecule has 2 saturated heterocycles. The van der Waals surface area contributed by atoms with E-state index in [1.807, 2.05) is 57.2 Å². The maximum absolute atomic E-state index is 13.1. The summed E-state index contributed by atoms with van der Waals surface area (Å²) in [5, 5.41) is 52.4. The van der Waals surface area contributed by atoms with Gasteiger partial charge in [-0.15, -0.1) is 0 Å². The summed E-state index contributed by atoms with van der Waals surface area (Å²) >= 11 is 0. The number of unbranched alkanes of at least 4 members (excludes halogenated alkanes) is 1. The number of hydrogen-bond donors (Lipinski definition) is 5. The molecule has 0 radical (unpaired) electrons. The number of esters is 1. The first-order chi connectivity index (χ1) is 28.2. The lowest BCUT2D eigenvalue weighted by atomic mass is 9.85. The van der Waals surface area contributed by atoms with E-state index >= 15 is 0 Å². The molecule has 5 aliphatic rings. The Kier molecular flexibility index (Phi) is 19.9. The third kappa shape index (κ3) is 15.7. The van der Waals surface area contributed by atoms with Gasteiger partial charge in [0.2, 0.25) is 0 Å². The van der Waals surface area contributed by atoms with Crippen molar-refractivity contribution in [2.24, 2.45) is 17.8 Å². The highest BCUT2D eigenvalue weighted by Crippen LogP contribution is 2.32. The average molecular weight is 823 g/mol. The van der Waals surface area contributed by atoms with E-state index in [4.69, 9.17) is 24.1 Å². The Balaban J connectivity index is 1.50. The first-order valence-corrected chi connectivity index (χ1v) is 21.2. The monoisotopic (exact) mass is 822 g/mol. The van der Waals surface area contributed by atoms with Crippen LogP contribution in [0.1, 0.15) is 91.9 Å². The van der Waals surface area contributed by atoms with Crippen LogP contribution in [0.25, 0.3) is 0 Å². The van der Waals surface area contributed by atoms with Crippen molar-refractivity contribution in [2.45, 2.75) is 159 Å². The summed E-state index contributed by atoms with van der Waals surface area (Å²) in [5.74, 6) is -2.03. The van der Waals surface area contributed by atoms with Gasteiger partial charge in [0.1, 0.15) is 24.4 Å². The van der Waals surface area contributed by atoms with E-state index in [2.05, 4.69) is 13.0 Å². The minimum Gasteiger partial charge on any atom is -0.481 e. The maximum Gasteiger partial charge on any atom is 0.331 e. The Bertz CT molecular complexity index is 1600. The molecule has 0 aromatic heterocycles. The van der Waals surface area contributed by atoms with Gasteiger partial charge in [-0.2, -0.15) is 0 Å². The fourth-order valence-corrected chi connectivity index (χ4v) is 7.79. The van der Waals surface area contributed by atoms with Crippen LogP contribution >= 0.6 is 0 Å². The van der Waals surface area contributed by atoms with Crippen molar-refractivity contribution in [3.8, 4) is 0 Å². The molecule has 14 atom stereocenters. The van der Waals surface area contributed by atoms with Crippen LogP contribution < -0.4 is 0 Å². The van der Waals surface area contributed by atoms with Crippen molar-refractivity contribution < 1.29 is 58.9 Å². The van der Waals surface area contributed by atoms with Gasteiger partial charge < -0.3 is 44.5 Å². The standard InChI is InChI=1S/C47H66O12/c1-30(17-14-15-23-44(52)53)27-31(2)47-41-26-25-34(56-47)18-10-6-5-7-12-20-36(49)46(55)43-29-38(51)33(4)40(58-43)22-16-21-39-32(3)37(50)28-42(57-39)35(48)19-11-8-9-13-24-45(54)59-41/h6,8-13,16,19-21,24-27,30,32-34,36-43,46-47,49-51,55H,5,7,14-15,17-18,22-23,28-29H2,1-4H3,(H,52,53)/b9-8+,10-6+,19-11+,20-12+,21-16+,24-13+,31-27+/t30-,32+,33-,34+,36+,37-,38+,39+,40-,41+,42+,43-,46+,47+/m1/s1. The number of aliphatic carboxylic acids is 1. The Morgan fingerprint density at radius 2 is 1.51 bits per heavy atom. The number of carboxylic acids is 1. The van der Waals surface area contributed by atoms with Crippen LogP contribution in [0.5, 0.6) is 0 Å². The number of carboxylic acid groups (broad SMARTS) is 1. The molecule has 0 aromatic rings. The molecule has 59 heavy (non-hydrogen) atoms. The number of ketones is 1. The van der Waals surface area contributed by atoms with Crippen LogP contribution in [0.15, 0.2) is 96.7 Å². The molecule has 0 amide bonds. The van der Waals surface area contributed by atoms with Gasteiger partial charge >= 0.3 is 11.9 Å². The zero-order valence-electron chi connectivity index (χ0n) is 34.9. The highest BCUT2D eigenvalue weighted by Gasteiger charge is 2.40. The summed E-state index contributed by atoms with van der Waals surface area (Å²) in [6.07, 6.45) is 22.7. The van der Waals surface area contributed by atoms with Crippen molar-refractivity contribution in [1.29, 1.82) is 0 Å². The van der Waals surface area contributed by atoms with Crippen molar-refractivity contribution in [3.05, 3.63) is 96.7 Å². The highest BCUT2D eigenvalue weighted by atomic mass is 16.6. The molecule has 5 N–H and O–H groups in total. The van der Waals surface area contributed by atoms with E-state index in [0.29, 0.717) is 32.1 Å². The van der Waals surface area contributed by atoms with Crippen LogP contribution in [0.4, 0.5) is 0 Å². The molecule has 2 fully saturated rings. The molecule has 0 spiro atoms. The van der Waals surface area contributed by atoms with Gasteiger partial charge in [-0.25, -0.2) is 4.79 Å². The van der Waals surface area contributed by atoms with Crippen molar-refractivity contribution in [3.63, 3.8) is 0 Å². The molecule has 6 bridgehead atoms. The second kappa shape index (κ2) is 24.5. The third-order valence-corrected chi connectivity index (χ3v) is 11.5. The smallest absolute Gasteiger partial charge is 0.331 e. The summed E-state index contributed by atoms with van der Waals surface area (Å²) in [7, 11) is 0. The Morgan fingerprint density at radius 1 is 0.780 bits per heavy atom. The molecule has 5 rings (SSSR count). The van der Waals surface area contributed by atoms with E-state index in [-0.39, 0.29) is 48.9 Å². The zero-order chi connectivity index (χ0) is 42.9. The van der Waals surface area contributed by atoms with Gasteiger partial charge in [-0.1, -0.05) is 100 Å². The largest absolute Gasteiger partial charge is 0.481 e. The summed E-state index contributed by atoms with van der Waals surface area (Å²) in [6, 6.07) is 0. The fraction of sp³-hybridized carbons (Fsp3) is 0.596. The van der Waals surface area contributed by atoms with E-state index in [1.165, 1.54) is 18.2 Å². The molecule has 5 heterocycles. The Morgan fingerprint density at radius 3 is 2.27 bits per heavy atom. The molecule has 5 aliphatic heterocycles. The predicted molar refractivity (Wildman–Crippen MR) is 224 cm³/mol. The molecule has 12 heteroatoms. The third-order valence-electron chi connectivity index (χ3n) is 11.5. The van der Waals surface area contributed by atoms with Crippen molar-refractivity contribution in [2.75, 3.05) is 0 Å². The van der Waals surface area contributed by atoms with Gasteiger partial charge in [-0.3, -0.25) is 9.59 Å². The molecular formula is C47H66O12. The number of ether oxygens (including phenoxy) is 4. The second-order valence-electron chi connectivity index (χ2n) is 16.4. The van der Waals surface area contributed by atoms with Gasteiger partial charge in [0, 0.05) is 37.2 Å².